The van der Waals surface area contributed by atoms with Crippen molar-refractivity contribution in [3.8, 4) is 0 Å². The van der Waals surface area contributed by atoms with Crippen molar-refractivity contribution in [2.75, 3.05) is 6.54 Å². The lowest BCUT2D eigenvalue weighted by Gasteiger charge is -2.28. The third-order valence-corrected chi connectivity index (χ3v) is 4.57. The van der Waals surface area contributed by atoms with Crippen LogP contribution in [0.15, 0.2) is 60.7 Å². The Morgan fingerprint density at radius 3 is 2.14 bits per heavy atom. The molecule has 1 aliphatic heterocycles. The fourth-order valence-electron chi connectivity index (χ4n) is 3.41. The lowest BCUT2D eigenvalue weighted by molar-refractivity contribution is -0.135. The van der Waals surface area contributed by atoms with Crippen molar-refractivity contribution in [2.45, 2.75) is 38.3 Å². The predicted molar refractivity (Wildman–Crippen MR) is 106 cm³/mol. The molecule has 1 fully saturated rings. The van der Waals surface area contributed by atoms with Gasteiger partial charge in [-0.25, -0.2) is 4.79 Å². The van der Waals surface area contributed by atoms with Crippen LogP contribution in [0.1, 0.15) is 31.9 Å². The van der Waals surface area contributed by atoms with Gasteiger partial charge in [-0.3, -0.25) is 14.5 Å². The molecule has 0 spiro atoms. The molecular weight excluding hydrogens is 354 g/mol. The maximum absolute atomic E-state index is 13.4. The van der Waals surface area contributed by atoms with E-state index in [4.69, 9.17) is 0 Å². The molecule has 6 heteroatoms. The van der Waals surface area contributed by atoms with Crippen molar-refractivity contribution in [3.05, 3.63) is 71.8 Å². The number of carbonyl (C=O) groups excluding carboxylic acids is 3. The smallest absolute Gasteiger partial charge is 0.325 e. The van der Waals surface area contributed by atoms with E-state index < -0.39 is 23.0 Å². The summed E-state index contributed by atoms with van der Waals surface area (Å²) in [6.07, 6.45) is 0.305. The number of hydrogen-bond donors (Lipinski definition) is 2. The van der Waals surface area contributed by atoms with Crippen LogP contribution in [0.3, 0.4) is 0 Å². The van der Waals surface area contributed by atoms with Crippen LogP contribution in [0, 0.1) is 0 Å². The summed E-state index contributed by atoms with van der Waals surface area (Å²) in [6.45, 7) is 5.23. The van der Waals surface area contributed by atoms with Crippen LogP contribution in [0.2, 0.25) is 0 Å². The number of hydrogen-bond acceptors (Lipinski definition) is 3. The molecule has 0 aromatic heterocycles. The van der Waals surface area contributed by atoms with Gasteiger partial charge in [-0.05, 0) is 31.9 Å². The summed E-state index contributed by atoms with van der Waals surface area (Å²) < 4.78 is 0. The quantitative estimate of drug-likeness (QED) is 0.784. The van der Waals surface area contributed by atoms with E-state index in [2.05, 4.69) is 10.6 Å². The normalized spacial score (nSPS) is 19.5. The van der Waals surface area contributed by atoms with Gasteiger partial charge in [0.25, 0.3) is 5.91 Å². The van der Waals surface area contributed by atoms with Gasteiger partial charge in [-0.15, -0.1) is 0 Å². The first-order valence-corrected chi connectivity index (χ1v) is 9.26. The number of rotatable bonds is 5. The van der Waals surface area contributed by atoms with Crippen molar-refractivity contribution in [2.24, 2.45) is 0 Å². The Morgan fingerprint density at radius 2 is 1.57 bits per heavy atom. The van der Waals surface area contributed by atoms with Crippen LogP contribution in [0.25, 0.3) is 0 Å². The van der Waals surface area contributed by atoms with Crippen molar-refractivity contribution >= 4 is 17.8 Å². The lowest BCUT2D eigenvalue weighted by Crippen LogP contribution is -2.49. The zero-order valence-electron chi connectivity index (χ0n) is 16.4. The third kappa shape index (κ3) is 4.06. The van der Waals surface area contributed by atoms with Gasteiger partial charge >= 0.3 is 6.03 Å². The summed E-state index contributed by atoms with van der Waals surface area (Å²) >= 11 is 0. The largest absolute Gasteiger partial charge is 0.350 e. The molecule has 146 valence electrons. The van der Waals surface area contributed by atoms with E-state index in [0.29, 0.717) is 12.0 Å². The zero-order valence-corrected chi connectivity index (χ0v) is 16.4. The first kappa shape index (κ1) is 19.6. The molecule has 3 rings (SSSR count). The van der Waals surface area contributed by atoms with Gasteiger partial charge in [0, 0.05) is 12.0 Å². The summed E-state index contributed by atoms with van der Waals surface area (Å²) in [5.41, 5.74) is -0.0737. The second-order valence-electron chi connectivity index (χ2n) is 8.05. The summed E-state index contributed by atoms with van der Waals surface area (Å²) in [6, 6.07) is 18.1. The van der Waals surface area contributed by atoms with Crippen LogP contribution >= 0.6 is 0 Å². The molecule has 1 unspecified atom stereocenters. The molecule has 0 radical (unpaired) electrons. The van der Waals surface area contributed by atoms with Gasteiger partial charge < -0.3 is 10.6 Å². The minimum Gasteiger partial charge on any atom is -0.350 e. The van der Waals surface area contributed by atoms with Crippen molar-refractivity contribution < 1.29 is 14.4 Å². The van der Waals surface area contributed by atoms with Crippen LogP contribution in [-0.2, 0) is 21.5 Å². The van der Waals surface area contributed by atoms with E-state index in [9.17, 15) is 14.4 Å². The Labute approximate surface area is 164 Å². The van der Waals surface area contributed by atoms with Crippen LogP contribution in [0.5, 0.6) is 0 Å². The second-order valence-corrected chi connectivity index (χ2v) is 8.05. The van der Waals surface area contributed by atoms with E-state index >= 15 is 0 Å². The molecule has 2 aromatic carbocycles. The summed E-state index contributed by atoms with van der Waals surface area (Å²) in [5, 5.41) is 5.65. The molecule has 1 aliphatic rings. The molecule has 0 aliphatic carbocycles. The molecule has 2 aromatic rings. The van der Waals surface area contributed by atoms with Crippen molar-refractivity contribution in [1.29, 1.82) is 0 Å². The second kappa shape index (κ2) is 7.46. The lowest BCUT2D eigenvalue weighted by atomic mass is 9.83. The standard InChI is InChI=1S/C22H25N3O3/c1-21(2,3)23-18(26)15-25-19(27)22(24-20(25)28,17-12-8-5-9-13-17)14-16-10-6-4-7-11-16/h4-13H,14-15H2,1-3H3,(H,23,26)(H,24,28). The minimum atomic E-state index is -1.23. The summed E-state index contributed by atoms with van der Waals surface area (Å²) in [5.74, 6) is -0.795. The van der Waals surface area contributed by atoms with Gasteiger partial charge in [-0.2, -0.15) is 0 Å². The molecule has 1 heterocycles. The molecule has 1 saturated heterocycles. The Balaban J connectivity index is 1.94. The third-order valence-electron chi connectivity index (χ3n) is 4.57. The summed E-state index contributed by atoms with van der Waals surface area (Å²) in [7, 11) is 0. The molecule has 2 N–H and O–H groups in total. The molecule has 4 amide bonds. The zero-order chi connectivity index (χ0) is 20.4. The van der Waals surface area contributed by atoms with E-state index in [0.717, 1.165) is 10.5 Å². The first-order chi connectivity index (χ1) is 13.2. The topological polar surface area (TPSA) is 78.5 Å². The highest BCUT2D eigenvalue weighted by Crippen LogP contribution is 2.32. The van der Waals surface area contributed by atoms with Gasteiger partial charge in [-0.1, -0.05) is 60.7 Å². The molecule has 1 atom stereocenters. The highest BCUT2D eigenvalue weighted by molar-refractivity contribution is 6.09. The number of carbonyl (C=O) groups is 3. The average Bonchev–Trinajstić information content (AvgIpc) is 2.87. The molecule has 0 bridgehead atoms. The van der Waals surface area contributed by atoms with Gasteiger partial charge in [0.1, 0.15) is 6.54 Å². The maximum Gasteiger partial charge on any atom is 0.325 e. The fraction of sp³-hybridized carbons (Fsp3) is 0.318. The number of nitrogens with one attached hydrogen (secondary N) is 2. The van der Waals surface area contributed by atoms with Crippen molar-refractivity contribution in [3.63, 3.8) is 0 Å². The summed E-state index contributed by atoms with van der Waals surface area (Å²) in [4.78, 5) is 39.4. The molecule has 6 nitrogen and oxygen atoms in total. The number of nitrogens with zero attached hydrogens (tertiary/aromatic N) is 1. The highest BCUT2D eigenvalue weighted by Gasteiger charge is 2.52. The molecule has 28 heavy (non-hydrogen) atoms. The predicted octanol–water partition coefficient (Wildman–Crippen LogP) is 2.59. The molecule has 0 saturated carbocycles. The number of amides is 4. The Morgan fingerprint density at radius 1 is 1.00 bits per heavy atom. The van der Waals surface area contributed by atoms with Gasteiger partial charge in [0.2, 0.25) is 5.91 Å². The molecular formula is C22H25N3O3. The Bertz CT molecular complexity index is 875. The SMILES string of the molecule is CC(C)(C)NC(=O)CN1C(=O)NC(Cc2ccccc2)(c2ccccc2)C1=O. The first-order valence-electron chi connectivity index (χ1n) is 9.26. The van der Waals surface area contributed by atoms with Crippen molar-refractivity contribution in [1.82, 2.24) is 15.5 Å². The van der Waals surface area contributed by atoms with Crippen LogP contribution in [-0.4, -0.2) is 34.8 Å². The van der Waals surface area contributed by atoms with Gasteiger partial charge in [0.05, 0.1) is 0 Å². The number of urea groups is 1. The van der Waals surface area contributed by atoms with E-state index in [1.54, 1.807) is 0 Å². The average molecular weight is 379 g/mol. The minimum absolute atomic E-state index is 0.305. The van der Waals surface area contributed by atoms with E-state index in [-0.39, 0.29) is 12.5 Å². The van der Waals surface area contributed by atoms with Crippen LogP contribution in [0.4, 0.5) is 4.79 Å². The van der Waals surface area contributed by atoms with Gasteiger partial charge in [0.15, 0.2) is 5.54 Å². The Hall–Kier alpha value is -3.15. The maximum atomic E-state index is 13.4. The van der Waals surface area contributed by atoms with E-state index in [1.165, 1.54) is 0 Å². The number of imide groups is 1. The fourth-order valence-corrected chi connectivity index (χ4v) is 3.41. The highest BCUT2D eigenvalue weighted by atomic mass is 16.2. The number of benzene rings is 2. The monoisotopic (exact) mass is 379 g/mol. The van der Waals surface area contributed by atoms with Crippen LogP contribution < -0.4 is 10.6 Å². The van der Waals surface area contributed by atoms with E-state index in [1.807, 2.05) is 81.4 Å². The Kier molecular flexibility index (Phi) is 5.23.